The van der Waals surface area contributed by atoms with Crippen LogP contribution in [0.1, 0.15) is 36.5 Å². The van der Waals surface area contributed by atoms with E-state index in [-0.39, 0.29) is 17.3 Å². The van der Waals surface area contributed by atoms with E-state index in [0.717, 1.165) is 44.6 Å². The molecule has 0 bridgehead atoms. The third-order valence-corrected chi connectivity index (χ3v) is 9.12. The third kappa shape index (κ3) is 7.84. The maximum absolute atomic E-state index is 14.0. The molecule has 0 unspecified atom stereocenters. The molecule has 7 nitrogen and oxygen atoms in total. The highest BCUT2D eigenvalue weighted by Crippen LogP contribution is 2.22. The topological polar surface area (TPSA) is 86.8 Å². The Bertz CT molecular complexity index is 1620. The van der Waals surface area contributed by atoms with E-state index in [0.29, 0.717) is 13.0 Å². The number of nitrogens with zero attached hydrogens (tertiary/aromatic N) is 2. The highest BCUT2D eigenvalue weighted by atomic mass is 32.2. The van der Waals surface area contributed by atoms with E-state index < -0.39 is 28.5 Å². The largest absolute Gasteiger partial charge is 0.354 e. The van der Waals surface area contributed by atoms with Crippen molar-refractivity contribution in [2.24, 2.45) is 0 Å². The minimum Gasteiger partial charge on any atom is -0.354 e. The van der Waals surface area contributed by atoms with Crippen molar-refractivity contribution in [1.82, 2.24) is 14.5 Å². The van der Waals surface area contributed by atoms with Crippen molar-refractivity contribution in [2.75, 3.05) is 20.1 Å². The Kier molecular flexibility index (Phi) is 10.5. The van der Waals surface area contributed by atoms with Gasteiger partial charge in [0.15, 0.2) is 0 Å². The van der Waals surface area contributed by atoms with Crippen LogP contribution in [0, 0.1) is 6.92 Å². The van der Waals surface area contributed by atoms with Gasteiger partial charge in [0.25, 0.3) is 0 Å². The molecule has 0 radical (unpaired) electrons. The lowest BCUT2D eigenvalue weighted by molar-refractivity contribution is -0.141. The molecule has 0 spiro atoms. The number of rotatable bonds is 13. The Hall–Kier alpha value is -4.01. The van der Waals surface area contributed by atoms with Gasteiger partial charge in [-0.2, -0.15) is 4.31 Å². The third-order valence-electron chi connectivity index (χ3n) is 7.32. The lowest BCUT2D eigenvalue weighted by atomic mass is 10.0. The fourth-order valence-corrected chi connectivity index (χ4v) is 6.10. The molecular weight excluding hydrogens is 546 g/mol. The SMILES string of the molecule is CCCCNC(=O)[C@H](Cc1ccccc1)N(Cc1cccc(C)c1)C(=O)CN(C)S(=O)(=O)c1ccc2ccccc2c1. The van der Waals surface area contributed by atoms with E-state index in [1.807, 2.05) is 92.7 Å². The number of aryl methyl sites for hydroxylation is 1. The van der Waals surface area contributed by atoms with Crippen LogP contribution in [0.25, 0.3) is 10.8 Å². The molecule has 0 fully saturated rings. The van der Waals surface area contributed by atoms with E-state index >= 15 is 0 Å². The summed E-state index contributed by atoms with van der Waals surface area (Å²) in [5.41, 5.74) is 2.80. The fourth-order valence-electron chi connectivity index (χ4n) is 4.94. The highest BCUT2D eigenvalue weighted by Gasteiger charge is 2.33. The second kappa shape index (κ2) is 14.2. The molecule has 0 heterocycles. The van der Waals surface area contributed by atoms with E-state index in [1.54, 1.807) is 18.2 Å². The van der Waals surface area contributed by atoms with Gasteiger partial charge in [-0.05, 0) is 47.4 Å². The second-order valence-electron chi connectivity index (χ2n) is 10.6. The number of nitrogens with one attached hydrogen (secondary N) is 1. The standard InChI is InChI=1S/C34H39N3O4S/c1-4-5-20-35-34(39)32(22-27-13-7-6-8-14-27)37(24-28-15-11-12-26(2)21-28)33(38)25-36(3)42(40,41)31-19-18-29-16-9-10-17-30(29)23-31/h6-19,21,23,32H,4-5,20,22,24-25H2,1-3H3,(H,35,39)/t32-/m0/s1. The van der Waals surface area contributed by atoms with Crippen molar-refractivity contribution in [1.29, 1.82) is 0 Å². The molecule has 1 N–H and O–H groups in total. The molecule has 0 aliphatic heterocycles. The predicted molar refractivity (Wildman–Crippen MR) is 167 cm³/mol. The summed E-state index contributed by atoms with van der Waals surface area (Å²) in [7, 11) is -2.57. The Morgan fingerprint density at radius 1 is 0.833 bits per heavy atom. The van der Waals surface area contributed by atoms with Gasteiger partial charge in [0.1, 0.15) is 6.04 Å². The lowest BCUT2D eigenvalue weighted by Crippen LogP contribution is -2.53. The molecule has 4 aromatic rings. The van der Waals surface area contributed by atoms with Gasteiger partial charge in [-0.25, -0.2) is 8.42 Å². The van der Waals surface area contributed by atoms with Gasteiger partial charge in [-0.3, -0.25) is 9.59 Å². The second-order valence-corrected chi connectivity index (χ2v) is 12.7. The van der Waals surface area contributed by atoms with Gasteiger partial charge in [-0.15, -0.1) is 0 Å². The van der Waals surface area contributed by atoms with Crippen LogP contribution in [0.3, 0.4) is 0 Å². The molecule has 8 heteroatoms. The fraction of sp³-hybridized carbons (Fsp3) is 0.294. The number of likely N-dealkylation sites (N-methyl/N-ethyl adjacent to an activating group) is 1. The van der Waals surface area contributed by atoms with Gasteiger partial charge in [0.2, 0.25) is 21.8 Å². The van der Waals surface area contributed by atoms with Crippen LogP contribution >= 0.6 is 0 Å². The Morgan fingerprint density at radius 2 is 1.52 bits per heavy atom. The zero-order valence-corrected chi connectivity index (χ0v) is 25.3. The number of carbonyl (C=O) groups is 2. The van der Waals surface area contributed by atoms with Gasteiger partial charge < -0.3 is 10.2 Å². The number of sulfonamides is 1. The minimum atomic E-state index is -3.98. The molecule has 0 aromatic heterocycles. The molecule has 42 heavy (non-hydrogen) atoms. The van der Waals surface area contributed by atoms with Crippen LogP contribution in [0.2, 0.25) is 0 Å². The molecule has 4 rings (SSSR count). The summed E-state index contributed by atoms with van der Waals surface area (Å²) in [5, 5.41) is 4.72. The monoisotopic (exact) mass is 585 g/mol. The summed E-state index contributed by atoms with van der Waals surface area (Å²) in [6.07, 6.45) is 2.05. The molecule has 4 aromatic carbocycles. The summed E-state index contributed by atoms with van der Waals surface area (Å²) < 4.78 is 28.2. The molecule has 0 aliphatic rings. The maximum atomic E-state index is 14.0. The van der Waals surface area contributed by atoms with E-state index in [9.17, 15) is 18.0 Å². The van der Waals surface area contributed by atoms with Gasteiger partial charge >= 0.3 is 0 Å². The number of hydrogen-bond acceptors (Lipinski definition) is 4. The Balaban J connectivity index is 1.66. The van der Waals surface area contributed by atoms with Gasteiger partial charge in [-0.1, -0.05) is 104 Å². The molecule has 1 atom stereocenters. The van der Waals surface area contributed by atoms with Crippen LogP contribution in [0.5, 0.6) is 0 Å². The summed E-state index contributed by atoms with van der Waals surface area (Å²) in [6, 6.07) is 29.0. The molecule has 2 amide bonds. The summed E-state index contributed by atoms with van der Waals surface area (Å²) >= 11 is 0. The van der Waals surface area contributed by atoms with Crippen molar-refractivity contribution < 1.29 is 18.0 Å². The first kappa shape index (κ1) is 30.9. The van der Waals surface area contributed by atoms with Gasteiger partial charge in [0, 0.05) is 26.6 Å². The normalized spacial score (nSPS) is 12.3. The van der Waals surface area contributed by atoms with Crippen LogP contribution in [0.15, 0.2) is 102 Å². The Labute approximate surface area is 249 Å². The number of benzene rings is 4. The van der Waals surface area contributed by atoms with Crippen LogP contribution in [0.4, 0.5) is 0 Å². The first-order valence-corrected chi connectivity index (χ1v) is 15.7. The number of hydrogen-bond donors (Lipinski definition) is 1. The molecular formula is C34H39N3O4S. The molecule has 220 valence electrons. The predicted octanol–water partition coefficient (Wildman–Crippen LogP) is 5.33. The Morgan fingerprint density at radius 3 is 2.24 bits per heavy atom. The average molecular weight is 586 g/mol. The van der Waals surface area contributed by atoms with E-state index in [2.05, 4.69) is 5.32 Å². The van der Waals surface area contributed by atoms with Crippen LogP contribution in [-0.2, 0) is 32.6 Å². The van der Waals surface area contributed by atoms with E-state index in [4.69, 9.17) is 0 Å². The summed E-state index contributed by atoms with van der Waals surface area (Å²) in [5.74, 6) is -0.705. The number of amides is 2. The smallest absolute Gasteiger partial charge is 0.243 e. The van der Waals surface area contributed by atoms with Gasteiger partial charge in [0.05, 0.1) is 11.4 Å². The molecule has 0 aliphatic carbocycles. The minimum absolute atomic E-state index is 0.111. The molecule has 0 saturated heterocycles. The zero-order chi connectivity index (χ0) is 30.1. The number of unbranched alkanes of at least 4 members (excludes halogenated alkanes) is 1. The van der Waals surface area contributed by atoms with Crippen molar-refractivity contribution in [3.05, 3.63) is 114 Å². The first-order valence-electron chi connectivity index (χ1n) is 14.3. The zero-order valence-electron chi connectivity index (χ0n) is 24.5. The average Bonchev–Trinajstić information content (AvgIpc) is 2.99. The number of fused-ring (bicyclic) bond motifs is 1. The summed E-state index contributed by atoms with van der Waals surface area (Å²) in [4.78, 5) is 29.3. The van der Waals surface area contributed by atoms with Crippen molar-refractivity contribution in [3.8, 4) is 0 Å². The number of carbonyl (C=O) groups excluding carboxylic acids is 2. The van der Waals surface area contributed by atoms with Crippen molar-refractivity contribution in [3.63, 3.8) is 0 Å². The van der Waals surface area contributed by atoms with Crippen molar-refractivity contribution in [2.45, 2.75) is 50.6 Å². The van der Waals surface area contributed by atoms with Crippen molar-refractivity contribution >= 4 is 32.6 Å². The lowest BCUT2D eigenvalue weighted by Gasteiger charge is -2.33. The highest BCUT2D eigenvalue weighted by molar-refractivity contribution is 7.89. The summed E-state index contributed by atoms with van der Waals surface area (Å²) in [6.45, 7) is 4.28. The van der Waals surface area contributed by atoms with Crippen LogP contribution in [-0.4, -0.2) is 55.6 Å². The molecule has 0 saturated carbocycles. The first-order chi connectivity index (χ1) is 20.2. The quantitative estimate of drug-likeness (QED) is 0.215. The van der Waals surface area contributed by atoms with E-state index in [1.165, 1.54) is 11.9 Å². The maximum Gasteiger partial charge on any atom is 0.243 e. The van der Waals surface area contributed by atoms with Crippen LogP contribution < -0.4 is 5.32 Å².